The fourth-order valence-electron chi connectivity index (χ4n) is 3.14. The normalized spacial score (nSPS) is 30.2. The Labute approximate surface area is 146 Å². The topological polar surface area (TPSA) is 59.0 Å². The number of hydrogen-bond acceptors (Lipinski definition) is 4. The van der Waals surface area contributed by atoms with E-state index in [2.05, 4.69) is 0 Å². The van der Waals surface area contributed by atoms with E-state index < -0.39 is 42.3 Å². The van der Waals surface area contributed by atoms with Gasteiger partial charge in [-0.15, -0.1) is 0 Å². The van der Waals surface area contributed by atoms with Crippen molar-refractivity contribution in [3.05, 3.63) is 29.8 Å². The van der Waals surface area contributed by atoms with Crippen LogP contribution in [0.15, 0.2) is 24.3 Å². The molecule has 0 saturated carbocycles. The summed E-state index contributed by atoms with van der Waals surface area (Å²) in [5, 5.41) is 10.6. The lowest BCUT2D eigenvalue weighted by molar-refractivity contribution is -0.173. The molecule has 0 spiro atoms. The predicted octanol–water partition coefficient (Wildman–Crippen LogP) is 1.28. The molecule has 1 unspecified atom stereocenters. The Hall–Kier alpha value is -1.51. The van der Waals surface area contributed by atoms with Gasteiger partial charge in [-0.1, -0.05) is 24.3 Å². The molecular weight excluding hydrogens is 331 g/mol. The largest absolute Gasteiger partial charge is 0.494 e. The van der Waals surface area contributed by atoms with E-state index in [1.165, 1.54) is 25.2 Å². The van der Waals surface area contributed by atoms with Crippen LogP contribution >= 0.6 is 0 Å². The molecule has 1 atom stereocenters. The summed E-state index contributed by atoms with van der Waals surface area (Å²) < 4.78 is 40.5. The Balaban J connectivity index is 2.00. The summed E-state index contributed by atoms with van der Waals surface area (Å²) in [6, 6.07) is 5.85. The highest BCUT2D eigenvalue weighted by atomic mass is 19.3. The van der Waals surface area contributed by atoms with Gasteiger partial charge in [0, 0.05) is 7.05 Å². The van der Waals surface area contributed by atoms with Crippen molar-refractivity contribution in [1.29, 1.82) is 0 Å². The number of aliphatic hydroxyl groups is 1. The molecule has 5 nitrogen and oxygen atoms in total. The van der Waals surface area contributed by atoms with Gasteiger partial charge in [0.1, 0.15) is 0 Å². The van der Waals surface area contributed by atoms with Crippen LogP contribution in [0.25, 0.3) is 0 Å². The van der Waals surface area contributed by atoms with Gasteiger partial charge in [-0.05, 0) is 38.7 Å². The van der Waals surface area contributed by atoms with E-state index in [9.17, 15) is 18.7 Å². The van der Waals surface area contributed by atoms with Crippen molar-refractivity contribution in [2.75, 3.05) is 13.6 Å². The molecule has 8 heteroatoms. The summed E-state index contributed by atoms with van der Waals surface area (Å²) in [7, 11) is 0.475. The molecular formula is C17H22BF2NO4. The van der Waals surface area contributed by atoms with Gasteiger partial charge in [-0.3, -0.25) is 4.79 Å². The number of carbonyl (C=O) groups excluding carboxylic acids is 1. The van der Waals surface area contributed by atoms with Crippen molar-refractivity contribution >= 4 is 18.5 Å². The predicted molar refractivity (Wildman–Crippen MR) is 88.6 cm³/mol. The van der Waals surface area contributed by atoms with Gasteiger partial charge in [-0.2, -0.15) is 0 Å². The quantitative estimate of drug-likeness (QED) is 0.814. The summed E-state index contributed by atoms with van der Waals surface area (Å²) in [4.78, 5) is 13.1. The highest BCUT2D eigenvalue weighted by molar-refractivity contribution is 6.62. The number of likely N-dealkylation sites (N-methyl/N-ethyl adjacent to an activating group) is 1. The van der Waals surface area contributed by atoms with Crippen molar-refractivity contribution in [3.63, 3.8) is 0 Å². The second kappa shape index (κ2) is 5.25. The molecule has 2 aliphatic heterocycles. The Morgan fingerprint density at radius 3 is 2.20 bits per heavy atom. The van der Waals surface area contributed by atoms with Crippen LogP contribution < -0.4 is 5.46 Å². The van der Waals surface area contributed by atoms with E-state index in [-0.39, 0.29) is 5.56 Å². The van der Waals surface area contributed by atoms with E-state index in [0.717, 1.165) is 4.90 Å². The Kier molecular flexibility index (Phi) is 3.84. The molecule has 0 bridgehead atoms. The van der Waals surface area contributed by atoms with Gasteiger partial charge < -0.3 is 19.3 Å². The van der Waals surface area contributed by atoms with E-state index in [0.29, 0.717) is 5.46 Å². The fourth-order valence-corrected chi connectivity index (χ4v) is 3.14. The number of halogens is 2. The lowest BCUT2D eigenvalue weighted by Crippen LogP contribution is -2.48. The maximum absolute atomic E-state index is 14.4. The van der Waals surface area contributed by atoms with Crippen molar-refractivity contribution in [2.45, 2.75) is 50.4 Å². The Morgan fingerprint density at radius 1 is 1.16 bits per heavy atom. The number of hydrogen-bond donors (Lipinski definition) is 1. The third-order valence-corrected chi connectivity index (χ3v) is 5.45. The first-order chi connectivity index (χ1) is 11.3. The second-order valence-corrected chi connectivity index (χ2v) is 7.79. The molecule has 0 radical (unpaired) electrons. The summed E-state index contributed by atoms with van der Waals surface area (Å²) in [5.41, 5.74) is -3.75. The van der Waals surface area contributed by atoms with Crippen LogP contribution in [-0.4, -0.2) is 53.7 Å². The van der Waals surface area contributed by atoms with Crippen LogP contribution in [0.3, 0.4) is 0 Å². The number of benzene rings is 1. The first-order valence-corrected chi connectivity index (χ1v) is 8.14. The van der Waals surface area contributed by atoms with E-state index >= 15 is 0 Å². The molecule has 2 saturated heterocycles. The van der Waals surface area contributed by atoms with Crippen molar-refractivity contribution in [3.8, 4) is 0 Å². The minimum absolute atomic E-state index is 0.168. The average Bonchev–Trinajstić information content (AvgIpc) is 2.81. The maximum Gasteiger partial charge on any atom is 0.494 e. The maximum atomic E-state index is 14.4. The summed E-state index contributed by atoms with van der Waals surface area (Å²) in [6.07, 6.45) is 0. The van der Waals surface area contributed by atoms with Gasteiger partial charge in [-0.25, -0.2) is 8.78 Å². The number of nitrogens with zero attached hydrogens (tertiary/aromatic N) is 1. The number of carbonyl (C=O) groups is 1. The molecule has 136 valence electrons. The number of likely N-dealkylation sites (tertiary alicyclic amines) is 1. The van der Waals surface area contributed by atoms with Gasteiger partial charge in [0.05, 0.1) is 17.7 Å². The molecule has 2 aliphatic rings. The molecule has 25 heavy (non-hydrogen) atoms. The first-order valence-electron chi connectivity index (χ1n) is 8.14. The van der Waals surface area contributed by atoms with Crippen LogP contribution in [-0.2, 0) is 19.7 Å². The molecule has 1 aromatic rings. The van der Waals surface area contributed by atoms with E-state index in [1.54, 1.807) is 6.07 Å². The molecule has 2 heterocycles. The molecule has 1 N–H and O–H groups in total. The van der Waals surface area contributed by atoms with Gasteiger partial charge in [0.2, 0.25) is 5.60 Å². The standard InChI is InChI=1S/C17H22BF2NO4/c1-14(2)15(3,4)25-18(24-14)12-8-6-7-11(9-12)17(23)13(22)21(5)10-16(17,19)20/h6-9,23H,10H2,1-5H3. The lowest BCUT2D eigenvalue weighted by atomic mass is 9.76. The summed E-state index contributed by atoms with van der Waals surface area (Å²) in [5.74, 6) is -4.61. The zero-order chi connectivity index (χ0) is 18.8. The van der Waals surface area contributed by atoms with Crippen molar-refractivity contribution in [1.82, 2.24) is 4.90 Å². The molecule has 3 rings (SSSR count). The van der Waals surface area contributed by atoms with Crippen LogP contribution in [0.1, 0.15) is 33.3 Å². The van der Waals surface area contributed by atoms with Gasteiger partial charge in [0.25, 0.3) is 5.91 Å². The number of amides is 1. The third kappa shape index (κ3) is 2.50. The Morgan fingerprint density at radius 2 is 1.72 bits per heavy atom. The highest BCUT2D eigenvalue weighted by Gasteiger charge is 2.66. The van der Waals surface area contributed by atoms with E-state index in [1.807, 2.05) is 27.7 Å². The zero-order valence-electron chi connectivity index (χ0n) is 15.0. The molecule has 2 fully saturated rings. The lowest BCUT2D eigenvalue weighted by Gasteiger charge is -2.32. The van der Waals surface area contributed by atoms with Gasteiger partial charge in [0.15, 0.2) is 0 Å². The molecule has 1 aromatic carbocycles. The first kappa shape index (κ1) is 18.3. The molecule has 0 aliphatic carbocycles. The monoisotopic (exact) mass is 353 g/mol. The fraction of sp³-hybridized carbons (Fsp3) is 0.588. The van der Waals surface area contributed by atoms with Crippen molar-refractivity contribution in [2.24, 2.45) is 0 Å². The minimum atomic E-state index is -3.59. The average molecular weight is 353 g/mol. The summed E-state index contributed by atoms with van der Waals surface area (Å²) in [6.45, 7) is 6.70. The highest BCUT2D eigenvalue weighted by Crippen LogP contribution is 2.44. The number of alkyl halides is 2. The smallest absolute Gasteiger partial charge is 0.399 e. The second-order valence-electron chi connectivity index (χ2n) is 7.79. The number of rotatable bonds is 2. The van der Waals surface area contributed by atoms with Crippen LogP contribution in [0.2, 0.25) is 0 Å². The SMILES string of the molecule is CN1CC(F)(F)C(O)(c2cccc(B3OC(C)(C)C(C)(C)O3)c2)C1=O. The van der Waals surface area contributed by atoms with E-state index in [4.69, 9.17) is 9.31 Å². The zero-order valence-corrected chi connectivity index (χ0v) is 15.0. The van der Waals surface area contributed by atoms with Gasteiger partial charge >= 0.3 is 13.0 Å². The van der Waals surface area contributed by atoms with Crippen molar-refractivity contribution < 1.29 is 28.0 Å². The summed E-state index contributed by atoms with van der Waals surface area (Å²) >= 11 is 0. The van der Waals surface area contributed by atoms with Crippen LogP contribution in [0.4, 0.5) is 8.78 Å². The molecule has 1 amide bonds. The molecule has 0 aromatic heterocycles. The Bertz CT molecular complexity index is 708. The van der Waals surface area contributed by atoms with Crippen LogP contribution in [0.5, 0.6) is 0 Å². The van der Waals surface area contributed by atoms with Crippen LogP contribution in [0, 0.1) is 0 Å². The minimum Gasteiger partial charge on any atom is -0.399 e. The third-order valence-electron chi connectivity index (χ3n) is 5.45.